The number of halogens is 1. The van der Waals surface area contributed by atoms with Crippen LogP contribution in [-0.4, -0.2) is 25.7 Å². The van der Waals surface area contributed by atoms with Crippen molar-refractivity contribution in [1.29, 1.82) is 0 Å². The van der Waals surface area contributed by atoms with E-state index in [2.05, 4.69) is 0 Å². The molecule has 0 aromatic heterocycles. The molecule has 2 atom stereocenters. The summed E-state index contributed by atoms with van der Waals surface area (Å²) in [7, 11) is 0. The summed E-state index contributed by atoms with van der Waals surface area (Å²) in [5.74, 6) is -0.173. The van der Waals surface area contributed by atoms with E-state index in [0.29, 0.717) is 5.56 Å². The SMILES string of the molecule is CC(O)C(O)(I)CC(=O)c1ccccc1. The van der Waals surface area contributed by atoms with Crippen LogP contribution in [0, 0.1) is 0 Å². The maximum atomic E-state index is 11.7. The van der Waals surface area contributed by atoms with Crippen LogP contribution >= 0.6 is 22.6 Å². The molecule has 0 radical (unpaired) electrons. The van der Waals surface area contributed by atoms with Crippen LogP contribution in [0.15, 0.2) is 30.3 Å². The van der Waals surface area contributed by atoms with Gasteiger partial charge in [-0.25, -0.2) is 0 Å². The first-order chi connectivity index (χ1) is 6.93. The van der Waals surface area contributed by atoms with Crippen LogP contribution in [-0.2, 0) is 0 Å². The van der Waals surface area contributed by atoms with E-state index in [1.54, 1.807) is 46.9 Å². The lowest BCUT2D eigenvalue weighted by atomic mass is 10.0. The number of alkyl halides is 1. The zero-order valence-electron chi connectivity index (χ0n) is 8.35. The molecule has 2 unspecified atom stereocenters. The first-order valence-electron chi connectivity index (χ1n) is 4.61. The molecule has 0 heterocycles. The van der Waals surface area contributed by atoms with E-state index in [9.17, 15) is 15.0 Å². The number of carbonyl (C=O) groups excluding carboxylic acids is 1. The Balaban J connectivity index is 2.73. The highest BCUT2D eigenvalue weighted by Crippen LogP contribution is 2.25. The molecule has 2 N–H and O–H groups in total. The molecule has 1 aromatic carbocycles. The van der Waals surface area contributed by atoms with E-state index < -0.39 is 9.71 Å². The third-order valence-electron chi connectivity index (χ3n) is 2.14. The summed E-state index contributed by atoms with van der Waals surface area (Å²) in [6.45, 7) is 1.46. The Kier molecular flexibility index (Phi) is 4.24. The number of benzene rings is 1. The highest BCUT2D eigenvalue weighted by atomic mass is 127. The molecule has 0 fully saturated rings. The first kappa shape index (κ1) is 12.6. The second-order valence-corrected chi connectivity index (χ2v) is 5.33. The van der Waals surface area contributed by atoms with Gasteiger partial charge in [0, 0.05) is 5.56 Å². The van der Waals surface area contributed by atoms with Gasteiger partial charge in [0.05, 0.1) is 12.5 Å². The molecular weight excluding hydrogens is 307 g/mol. The Morgan fingerprint density at radius 2 is 2.00 bits per heavy atom. The third kappa shape index (κ3) is 3.55. The van der Waals surface area contributed by atoms with E-state index in [1.807, 2.05) is 6.07 Å². The number of ketones is 1. The van der Waals surface area contributed by atoms with Gasteiger partial charge in [-0.1, -0.05) is 30.3 Å². The molecule has 0 aliphatic heterocycles. The van der Waals surface area contributed by atoms with Gasteiger partial charge >= 0.3 is 0 Å². The number of aliphatic hydroxyl groups excluding tert-OH is 1. The van der Waals surface area contributed by atoms with Crippen molar-refractivity contribution in [3.8, 4) is 0 Å². The van der Waals surface area contributed by atoms with E-state index in [0.717, 1.165) is 0 Å². The standard InChI is InChI=1S/C11H13IO3/c1-8(13)11(12,15)7-10(14)9-5-3-2-4-6-9/h2-6,8,13,15H,7H2,1H3. The minimum atomic E-state index is -1.40. The lowest BCUT2D eigenvalue weighted by Gasteiger charge is -2.23. The van der Waals surface area contributed by atoms with Crippen LogP contribution in [0.25, 0.3) is 0 Å². The van der Waals surface area contributed by atoms with Crippen molar-refractivity contribution in [2.75, 3.05) is 0 Å². The number of hydrogen-bond acceptors (Lipinski definition) is 3. The lowest BCUT2D eigenvalue weighted by molar-refractivity contribution is 0.0140. The molecule has 0 spiro atoms. The van der Waals surface area contributed by atoms with Crippen LogP contribution in [0.5, 0.6) is 0 Å². The largest absolute Gasteiger partial charge is 0.390 e. The molecule has 1 rings (SSSR count). The molecule has 82 valence electrons. The van der Waals surface area contributed by atoms with Gasteiger partial charge in [-0.05, 0) is 29.5 Å². The Morgan fingerprint density at radius 1 is 1.47 bits per heavy atom. The van der Waals surface area contributed by atoms with Crippen molar-refractivity contribution in [3.05, 3.63) is 35.9 Å². The van der Waals surface area contributed by atoms with Crippen molar-refractivity contribution < 1.29 is 15.0 Å². The molecule has 0 aliphatic carbocycles. The second kappa shape index (κ2) is 5.05. The fourth-order valence-electron chi connectivity index (χ4n) is 1.10. The van der Waals surface area contributed by atoms with Gasteiger partial charge in [-0.2, -0.15) is 0 Å². The maximum absolute atomic E-state index is 11.7. The second-order valence-electron chi connectivity index (χ2n) is 3.46. The van der Waals surface area contributed by atoms with Crippen molar-refractivity contribution in [2.45, 2.75) is 23.1 Å². The molecule has 3 nitrogen and oxygen atoms in total. The molecule has 0 saturated carbocycles. The van der Waals surface area contributed by atoms with Crippen LogP contribution in [0.3, 0.4) is 0 Å². The van der Waals surface area contributed by atoms with Crippen molar-refractivity contribution in [2.24, 2.45) is 0 Å². The van der Waals surface area contributed by atoms with Crippen molar-refractivity contribution >= 4 is 28.4 Å². The van der Waals surface area contributed by atoms with E-state index in [-0.39, 0.29) is 12.2 Å². The fraction of sp³-hybridized carbons (Fsp3) is 0.364. The number of Topliss-reactive ketones (excluding diaryl/α,β-unsaturated/α-hetero) is 1. The van der Waals surface area contributed by atoms with Crippen molar-refractivity contribution in [3.63, 3.8) is 0 Å². The molecule has 0 bridgehead atoms. The van der Waals surface area contributed by atoms with Gasteiger partial charge in [0.1, 0.15) is 3.61 Å². The van der Waals surface area contributed by atoms with Gasteiger partial charge in [-0.3, -0.25) is 4.79 Å². The predicted octanol–water partition coefficient (Wildman–Crippen LogP) is 1.76. The minimum absolute atomic E-state index is 0.0881. The Morgan fingerprint density at radius 3 is 2.47 bits per heavy atom. The highest BCUT2D eigenvalue weighted by molar-refractivity contribution is 14.1. The van der Waals surface area contributed by atoms with Crippen LogP contribution in [0.2, 0.25) is 0 Å². The van der Waals surface area contributed by atoms with Gasteiger partial charge in [0.15, 0.2) is 5.78 Å². The predicted molar refractivity (Wildman–Crippen MR) is 66.0 cm³/mol. The molecule has 0 amide bonds. The van der Waals surface area contributed by atoms with Crippen LogP contribution < -0.4 is 0 Å². The topological polar surface area (TPSA) is 57.5 Å². The average Bonchev–Trinajstić information content (AvgIpc) is 2.18. The zero-order chi connectivity index (χ0) is 11.5. The molecule has 0 saturated heterocycles. The fourth-order valence-corrected chi connectivity index (χ4v) is 1.45. The number of rotatable bonds is 4. The molecule has 15 heavy (non-hydrogen) atoms. The molecule has 1 aromatic rings. The Bertz CT molecular complexity index is 333. The molecule has 0 aliphatic rings. The van der Waals surface area contributed by atoms with Gasteiger partial charge in [-0.15, -0.1) is 0 Å². The summed E-state index contributed by atoms with van der Waals surface area (Å²) in [5.41, 5.74) is 0.549. The summed E-state index contributed by atoms with van der Waals surface area (Å²) in [5, 5.41) is 19.0. The monoisotopic (exact) mass is 320 g/mol. The Hall–Kier alpha value is -0.460. The average molecular weight is 320 g/mol. The summed E-state index contributed by atoms with van der Waals surface area (Å²) >= 11 is 1.69. The van der Waals surface area contributed by atoms with Gasteiger partial charge in [0.2, 0.25) is 0 Å². The van der Waals surface area contributed by atoms with Crippen LogP contribution in [0.1, 0.15) is 23.7 Å². The van der Waals surface area contributed by atoms with E-state index >= 15 is 0 Å². The quantitative estimate of drug-likeness (QED) is 0.505. The normalized spacial score (nSPS) is 16.8. The van der Waals surface area contributed by atoms with E-state index in [1.165, 1.54) is 6.92 Å². The van der Waals surface area contributed by atoms with E-state index in [4.69, 9.17) is 0 Å². The highest BCUT2D eigenvalue weighted by Gasteiger charge is 2.32. The molecule has 4 heteroatoms. The minimum Gasteiger partial charge on any atom is -0.390 e. The number of hydrogen-bond donors (Lipinski definition) is 2. The number of carbonyl (C=O) groups is 1. The lowest BCUT2D eigenvalue weighted by Crippen LogP contribution is -2.35. The molecular formula is C11H13IO3. The summed E-state index contributed by atoms with van der Waals surface area (Å²) in [4.78, 5) is 11.7. The van der Waals surface area contributed by atoms with Crippen LogP contribution in [0.4, 0.5) is 0 Å². The zero-order valence-corrected chi connectivity index (χ0v) is 10.5. The summed E-state index contributed by atoms with van der Waals surface area (Å²) < 4.78 is -1.40. The van der Waals surface area contributed by atoms with Crippen molar-refractivity contribution in [1.82, 2.24) is 0 Å². The first-order valence-corrected chi connectivity index (χ1v) is 5.69. The summed E-state index contributed by atoms with van der Waals surface area (Å²) in [6, 6.07) is 8.74. The Labute approximate surface area is 102 Å². The summed E-state index contributed by atoms with van der Waals surface area (Å²) in [6.07, 6.45) is -1.03. The third-order valence-corrected chi connectivity index (χ3v) is 3.43. The van der Waals surface area contributed by atoms with Gasteiger partial charge in [0.25, 0.3) is 0 Å². The van der Waals surface area contributed by atoms with Gasteiger partial charge < -0.3 is 10.2 Å². The smallest absolute Gasteiger partial charge is 0.166 e. The number of aliphatic hydroxyl groups is 2. The maximum Gasteiger partial charge on any atom is 0.166 e.